The molecule has 19 heavy (non-hydrogen) atoms. The van der Waals surface area contributed by atoms with Crippen molar-refractivity contribution in [3.8, 4) is 0 Å². The maximum atomic E-state index is 12.4. The summed E-state index contributed by atoms with van der Waals surface area (Å²) in [7, 11) is 0. The van der Waals surface area contributed by atoms with Gasteiger partial charge in [-0.25, -0.2) is 0 Å². The summed E-state index contributed by atoms with van der Waals surface area (Å²) >= 11 is 0. The lowest BCUT2D eigenvalue weighted by atomic mass is 9.76. The maximum absolute atomic E-state index is 12.4. The van der Waals surface area contributed by atoms with Crippen LogP contribution in [0.5, 0.6) is 0 Å². The van der Waals surface area contributed by atoms with Crippen molar-refractivity contribution in [1.29, 1.82) is 0 Å². The van der Waals surface area contributed by atoms with E-state index in [0.717, 1.165) is 25.9 Å². The quantitative estimate of drug-likeness (QED) is 0.808. The van der Waals surface area contributed by atoms with Gasteiger partial charge in [0, 0.05) is 18.6 Å². The van der Waals surface area contributed by atoms with Crippen LogP contribution in [0.3, 0.4) is 0 Å². The molecule has 1 aliphatic carbocycles. The number of amides is 1. The Morgan fingerprint density at radius 1 is 1.32 bits per heavy atom. The second kappa shape index (κ2) is 6.71. The monoisotopic (exact) mass is 267 g/mol. The van der Waals surface area contributed by atoms with Gasteiger partial charge in [-0.05, 0) is 44.7 Å². The Kier molecular flexibility index (Phi) is 5.22. The number of nitrogens with two attached hydrogens (primary N) is 1. The average Bonchev–Trinajstić information content (AvgIpc) is 2.83. The first-order chi connectivity index (χ1) is 9.13. The standard InChI is InChI=1S/C15H29N3O/c1-3-18-9-5-7-12(18)10-17-15(19)14-11(2)6-4-8-13(14)16/h11-14H,3-10,16H2,1-2H3,(H,17,19). The number of carbonyl (C=O) groups is 1. The Labute approximate surface area is 117 Å². The highest BCUT2D eigenvalue weighted by atomic mass is 16.1. The Morgan fingerprint density at radius 2 is 2.11 bits per heavy atom. The fourth-order valence-corrected chi connectivity index (χ4v) is 3.79. The molecule has 2 aliphatic rings. The van der Waals surface area contributed by atoms with E-state index in [1.165, 1.54) is 25.8 Å². The molecule has 2 rings (SSSR count). The molecule has 2 fully saturated rings. The third kappa shape index (κ3) is 3.48. The van der Waals surface area contributed by atoms with E-state index in [1.54, 1.807) is 0 Å². The number of hydrogen-bond donors (Lipinski definition) is 2. The van der Waals surface area contributed by atoms with Gasteiger partial charge in [-0.1, -0.05) is 20.3 Å². The van der Waals surface area contributed by atoms with E-state index in [1.807, 2.05) is 0 Å². The highest BCUT2D eigenvalue weighted by Gasteiger charge is 2.34. The summed E-state index contributed by atoms with van der Waals surface area (Å²) in [4.78, 5) is 14.8. The first-order valence-electron chi connectivity index (χ1n) is 7.90. The Balaban J connectivity index is 1.83. The number of nitrogens with zero attached hydrogens (tertiary/aromatic N) is 1. The minimum atomic E-state index is 0.0187. The largest absolute Gasteiger partial charge is 0.354 e. The molecule has 4 heteroatoms. The van der Waals surface area contributed by atoms with Gasteiger partial charge in [0.1, 0.15) is 0 Å². The van der Waals surface area contributed by atoms with Crippen molar-refractivity contribution in [3.63, 3.8) is 0 Å². The van der Waals surface area contributed by atoms with Crippen LogP contribution in [0.15, 0.2) is 0 Å². The van der Waals surface area contributed by atoms with Crippen molar-refractivity contribution in [1.82, 2.24) is 10.2 Å². The lowest BCUT2D eigenvalue weighted by Gasteiger charge is -2.33. The van der Waals surface area contributed by atoms with Crippen molar-refractivity contribution < 1.29 is 4.79 Å². The van der Waals surface area contributed by atoms with Crippen LogP contribution in [0, 0.1) is 11.8 Å². The fraction of sp³-hybridized carbons (Fsp3) is 0.933. The molecule has 0 aromatic carbocycles. The third-order valence-electron chi connectivity index (χ3n) is 4.99. The number of nitrogens with one attached hydrogen (secondary N) is 1. The van der Waals surface area contributed by atoms with E-state index in [9.17, 15) is 4.79 Å². The zero-order chi connectivity index (χ0) is 13.8. The van der Waals surface area contributed by atoms with E-state index in [4.69, 9.17) is 5.73 Å². The van der Waals surface area contributed by atoms with Gasteiger partial charge < -0.3 is 11.1 Å². The SMILES string of the molecule is CCN1CCCC1CNC(=O)C1C(C)CCCC1N. The van der Waals surface area contributed by atoms with Crippen LogP contribution in [0.25, 0.3) is 0 Å². The molecule has 0 aromatic heterocycles. The summed E-state index contributed by atoms with van der Waals surface area (Å²) in [6, 6.07) is 0.582. The fourth-order valence-electron chi connectivity index (χ4n) is 3.79. The van der Waals surface area contributed by atoms with Crippen molar-refractivity contribution in [2.45, 2.75) is 58.0 Å². The van der Waals surface area contributed by atoms with Gasteiger partial charge in [0.25, 0.3) is 0 Å². The lowest BCUT2D eigenvalue weighted by Crippen LogP contribution is -2.49. The minimum absolute atomic E-state index is 0.0187. The molecule has 1 amide bonds. The van der Waals surface area contributed by atoms with Gasteiger partial charge in [-0.15, -0.1) is 0 Å². The number of carbonyl (C=O) groups excluding carboxylic acids is 1. The van der Waals surface area contributed by atoms with Gasteiger partial charge in [-0.3, -0.25) is 9.69 Å². The second-order valence-corrected chi connectivity index (χ2v) is 6.27. The summed E-state index contributed by atoms with van der Waals surface area (Å²) in [6.07, 6.45) is 5.76. The van der Waals surface area contributed by atoms with Crippen molar-refractivity contribution in [2.75, 3.05) is 19.6 Å². The van der Waals surface area contributed by atoms with Crippen molar-refractivity contribution in [3.05, 3.63) is 0 Å². The normalized spacial score (nSPS) is 36.4. The zero-order valence-electron chi connectivity index (χ0n) is 12.4. The van der Waals surface area contributed by atoms with Crippen LogP contribution in [-0.2, 0) is 4.79 Å². The van der Waals surface area contributed by atoms with Crippen LogP contribution < -0.4 is 11.1 Å². The molecule has 1 saturated carbocycles. The molecule has 0 radical (unpaired) electrons. The third-order valence-corrected chi connectivity index (χ3v) is 4.99. The van der Waals surface area contributed by atoms with Crippen LogP contribution in [0.2, 0.25) is 0 Å². The van der Waals surface area contributed by atoms with Crippen molar-refractivity contribution >= 4 is 5.91 Å². The average molecular weight is 267 g/mol. The maximum Gasteiger partial charge on any atom is 0.225 e. The first kappa shape index (κ1) is 14.8. The lowest BCUT2D eigenvalue weighted by molar-refractivity contribution is -0.128. The topological polar surface area (TPSA) is 58.4 Å². The summed E-state index contributed by atoms with van der Waals surface area (Å²) in [5, 5.41) is 3.16. The molecular formula is C15H29N3O. The van der Waals surface area contributed by atoms with E-state index in [-0.39, 0.29) is 17.9 Å². The van der Waals surface area contributed by atoms with E-state index in [2.05, 4.69) is 24.1 Å². The molecule has 0 spiro atoms. The molecule has 0 bridgehead atoms. The Bertz CT molecular complexity index is 298. The Hall–Kier alpha value is -0.610. The molecule has 1 heterocycles. The molecule has 0 aromatic rings. The van der Waals surface area contributed by atoms with Gasteiger partial charge in [-0.2, -0.15) is 0 Å². The molecule has 4 atom stereocenters. The van der Waals surface area contributed by atoms with Crippen molar-refractivity contribution in [2.24, 2.45) is 17.6 Å². The molecule has 1 saturated heterocycles. The van der Waals surface area contributed by atoms with E-state index < -0.39 is 0 Å². The molecule has 4 unspecified atom stereocenters. The Morgan fingerprint density at radius 3 is 2.79 bits per heavy atom. The summed E-state index contributed by atoms with van der Waals surface area (Å²) < 4.78 is 0. The van der Waals surface area contributed by atoms with E-state index in [0.29, 0.717) is 12.0 Å². The number of rotatable bonds is 4. The summed E-state index contributed by atoms with van der Waals surface area (Å²) in [5.74, 6) is 0.627. The smallest absolute Gasteiger partial charge is 0.225 e. The summed E-state index contributed by atoms with van der Waals surface area (Å²) in [5.41, 5.74) is 6.14. The summed E-state index contributed by atoms with van der Waals surface area (Å²) in [6.45, 7) is 7.41. The first-order valence-corrected chi connectivity index (χ1v) is 7.90. The second-order valence-electron chi connectivity index (χ2n) is 6.27. The van der Waals surface area contributed by atoms with Crippen LogP contribution in [0.4, 0.5) is 0 Å². The van der Waals surface area contributed by atoms with Gasteiger partial charge in [0.05, 0.1) is 5.92 Å². The van der Waals surface area contributed by atoms with Crippen LogP contribution in [-0.4, -0.2) is 42.5 Å². The van der Waals surface area contributed by atoms with Crippen LogP contribution >= 0.6 is 0 Å². The van der Waals surface area contributed by atoms with Crippen LogP contribution in [0.1, 0.15) is 46.0 Å². The molecular weight excluding hydrogens is 238 g/mol. The zero-order valence-corrected chi connectivity index (χ0v) is 12.4. The highest BCUT2D eigenvalue weighted by Crippen LogP contribution is 2.29. The predicted octanol–water partition coefficient (Wildman–Crippen LogP) is 1.35. The number of hydrogen-bond acceptors (Lipinski definition) is 3. The van der Waals surface area contributed by atoms with Gasteiger partial charge in [0.15, 0.2) is 0 Å². The molecule has 4 nitrogen and oxygen atoms in total. The molecule has 3 N–H and O–H groups in total. The predicted molar refractivity (Wildman–Crippen MR) is 77.8 cm³/mol. The van der Waals surface area contributed by atoms with Gasteiger partial charge >= 0.3 is 0 Å². The van der Waals surface area contributed by atoms with Gasteiger partial charge in [0.2, 0.25) is 5.91 Å². The number of likely N-dealkylation sites (tertiary alicyclic amines) is 1. The highest BCUT2D eigenvalue weighted by molar-refractivity contribution is 5.79. The molecule has 1 aliphatic heterocycles. The molecule has 110 valence electrons. The minimum Gasteiger partial charge on any atom is -0.354 e. The number of likely N-dealkylation sites (N-methyl/N-ethyl adjacent to an activating group) is 1. The van der Waals surface area contributed by atoms with E-state index >= 15 is 0 Å².